The van der Waals surface area contributed by atoms with E-state index >= 15 is 0 Å². The minimum absolute atomic E-state index is 0.0783. The van der Waals surface area contributed by atoms with Crippen LogP contribution in [0.4, 0.5) is 0 Å². The fourth-order valence-electron chi connectivity index (χ4n) is 2.18. The lowest BCUT2D eigenvalue weighted by atomic mass is 10.1. The normalized spacial score (nSPS) is 16.9. The zero-order valence-electron chi connectivity index (χ0n) is 11.8. The summed E-state index contributed by atoms with van der Waals surface area (Å²) in [7, 11) is -2.19. The minimum Gasteiger partial charge on any atom is -0.495 e. The predicted molar refractivity (Wildman–Crippen MR) is 76.0 cm³/mol. The van der Waals surface area contributed by atoms with Crippen LogP contribution in [0.3, 0.4) is 0 Å². The summed E-state index contributed by atoms with van der Waals surface area (Å²) in [5.41, 5.74) is 0.543. The van der Waals surface area contributed by atoms with Crippen molar-refractivity contribution < 1.29 is 18.3 Å². The molecule has 6 heteroatoms. The largest absolute Gasteiger partial charge is 0.495 e. The third kappa shape index (κ3) is 3.50. The molecular weight excluding hydrogens is 278 g/mol. The van der Waals surface area contributed by atoms with Crippen LogP contribution < -0.4 is 9.46 Å². The van der Waals surface area contributed by atoms with E-state index in [-0.39, 0.29) is 17.3 Å². The topological polar surface area (TPSA) is 75.6 Å². The molecule has 0 amide bonds. The van der Waals surface area contributed by atoms with Gasteiger partial charge in [-0.3, -0.25) is 0 Å². The van der Waals surface area contributed by atoms with Crippen LogP contribution in [-0.4, -0.2) is 27.2 Å². The number of nitrogens with one attached hydrogen (secondary N) is 1. The van der Waals surface area contributed by atoms with Crippen LogP contribution in [0, 0.1) is 11.8 Å². The molecule has 0 radical (unpaired) electrons. The molecule has 1 aromatic rings. The van der Waals surface area contributed by atoms with Gasteiger partial charge in [-0.1, -0.05) is 13.0 Å². The van der Waals surface area contributed by atoms with Gasteiger partial charge in [-0.25, -0.2) is 13.1 Å². The molecule has 2 rings (SSSR count). The molecule has 0 heterocycles. The third-order valence-electron chi connectivity index (χ3n) is 3.72. The second-order valence-electron chi connectivity index (χ2n) is 5.31. The van der Waals surface area contributed by atoms with Crippen molar-refractivity contribution in [2.24, 2.45) is 11.8 Å². The molecule has 5 nitrogen and oxygen atoms in total. The zero-order valence-corrected chi connectivity index (χ0v) is 12.6. The van der Waals surface area contributed by atoms with E-state index in [1.54, 1.807) is 12.1 Å². The Labute approximate surface area is 120 Å². The van der Waals surface area contributed by atoms with Crippen molar-refractivity contribution in [3.05, 3.63) is 23.8 Å². The van der Waals surface area contributed by atoms with Gasteiger partial charge in [0.05, 0.1) is 13.7 Å². The molecule has 1 atom stereocenters. The van der Waals surface area contributed by atoms with Gasteiger partial charge in [-0.2, -0.15) is 0 Å². The monoisotopic (exact) mass is 299 g/mol. The summed E-state index contributed by atoms with van der Waals surface area (Å²) in [6.45, 7) is 2.28. The fourth-order valence-corrected chi connectivity index (χ4v) is 3.54. The highest BCUT2D eigenvalue weighted by Crippen LogP contribution is 2.36. The number of rotatable bonds is 7. The second-order valence-corrected chi connectivity index (χ2v) is 7.05. The molecule has 1 unspecified atom stereocenters. The van der Waals surface area contributed by atoms with Crippen molar-refractivity contribution in [2.75, 3.05) is 13.7 Å². The van der Waals surface area contributed by atoms with E-state index in [4.69, 9.17) is 9.84 Å². The number of benzene rings is 1. The van der Waals surface area contributed by atoms with E-state index in [9.17, 15) is 8.42 Å². The predicted octanol–water partition coefficient (Wildman–Crippen LogP) is 1.51. The summed E-state index contributed by atoms with van der Waals surface area (Å²) in [4.78, 5) is 0.0783. The summed E-state index contributed by atoms with van der Waals surface area (Å²) in [6.07, 6.45) is 2.37. The van der Waals surface area contributed by atoms with E-state index < -0.39 is 10.0 Å². The number of hydrogen-bond donors (Lipinski definition) is 2. The lowest BCUT2D eigenvalue weighted by molar-refractivity contribution is 0.281. The van der Waals surface area contributed by atoms with E-state index in [2.05, 4.69) is 11.6 Å². The summed E-state index contributed by atoms with van der Waals surface area (Å²) in [6, 6.07) is 4.65. The highest BCUT2D eigenvalue weighted by Gasteiger charge is 2.29. The molecule has 0 aromatic heterocycles. The van der Waals surface area contributed by atoms with Gasteiger partial charge in [0.2, 0.25) is 10.0 Å². The molecule has 1 fully saturated rings. The quantitative estimate of drug-likeness (QED) is 0.800. The van der Waals surface area contributed by atoms with Crippen LogP contribution in [0.1, 0.15) is 25.3 Å². The molecule has 1 aliphatic rings. The molecule has 1 aromatic carbocycles. The Morgan fingerprint density at radius 2 is 2.15 bits per heavy atom. The Hall–Kier alpha value is -1.11. The minimum atomic E-state index is -3.62. The Morgan fingerprint density at radius 1 is 1.45 bits per heavy atom. The summed E-state index contributed by atoms with van der Waals surface area (Å²) in [5.74, 6) is 1.27. The average molecular weight is 299 g/mol. The fraction of sp³-hybridized carbons (Fsp3) is 0.571. The highest BCUT2D eigenvalue weighted by molar-refractivity contribution is 7.89. The zero-order chi connectivity index (χ0) is 14.8. The summed E-state index contributed by atoms with van der Waals surface area (Å²) in [5, 5.41) is 9.13. The van der Waals surface area contributed by atoms with Crippen LogP contribution in [0.2, 0.25) is 0 Å². The van der Waals surface area contributed by atoms with Crippen LogP contribution in [-0.2, 0) is 16.6 Å². The third-order valence-corrected chi connectivity index (χ3v) is 5.17. The van der Waals surface area contributed by atoms with Crippen LogP contribution in [0.25, 0.3) is 0 Å². The molecular formula is C14H21NO4S. The van der Waals surface area contributed by atoms with E-state index in [0.29, 0.717) is 23.9 Å². The Kier molecular flexibility index (Phi) is 4.67. The van der Waals surface area contributed by atoms with E-state index in [1.807, 2.05) is 0 Å². The molecule has 0 bridgehead atoms. The van der Waals surface area contributed by atoms with Gasteiger partial charge in [0.25, 0.3) is 0 Å². The van der Waals surface area contributed by atoms with E-state index in [1.165, 1.54) is 26.0 Å². The van der Waals surface area contributed by atoms with Crippen molar-refractivity contribution >= 4 is 10.0 Å². The Balaban J connectivity index is 2.18. The summed E-state index contributed by atoms with van der Waals surface area (Å²) < 4.78 is 32.4. The molecule has 0 spiro atoms. The lowest BCUT2D eigenvalue weighted by Crippen LogP contribution is -2.29. The first kappa shape index (κ1) is 15.3. The lowest BCUT2D eigenvalue weighted by Gasteiger charge is -2.14. The van der Waals surface area contributed by atoms with Gasteiger partial charge in [-0.05, 0) is 42.4 Å². The van der Waals surface area contributed by atoms with Gasteiger partial charge in [0.15, 0.2) is 0 Å². The van der Waals surface area contributed by atoms with Gasteiger partial charge in [0.1, 0.15) is 10.6 Å². The van der Waals surface area contributed by atoms with Crippen molar-refractivity contribution in [2.45, 2.75) is 31.3 Å². The van der Waals surface area contributed by atoms with Crippen molar-refractivity contribution in [1.29, 1.82) is 0 Å². The number of hydrogen-bond acceptors (Lipinski definition) is 4. The molecule has 0 saturated heterocycles. The average Bonchev–Trinajstić information content (AvgIpc) is 3.28. The molecule has 2 N–H and O–H groups in total. The van der Waals surface area contributed by atoms with Gasteiger partial charge < -0.3 is 9.84 Å². The van der Waals surface area contributed by atoms with Gasteiger partial charge >= 0.3 is 0 Å². The second kappa shape index (κ2) is 6.11. The van der Waals surface area contributed by atoms with Crippen molar-refractivity contribution in [3.8, 4) is 5.75 Å². The first-order valence-electron chi connectivity index (χ1n) is 6.75. The Bertz CT molecular complexity index is 567. The van der Waals surface area contributed by atoms with E-state index in [0.717, 1.165) is 0 Å². The van der Waals surface area contributed by atoms with Crippen molar-refractivity contribution in [3.63, 3.8) is 0 Å². The summed E-state index contributed by atoms with van der Waals surface area (Å²) >= 11 is 0. The molecule has 0 aliphatic heterocycles. The maximum Gasteiger partial charge on any atom is 0.244 e. The van der Waals surface area contributed by atoms with Gasteiger partial charge in [0, 0.05) is 6.54 Å². The number of sulfonamides is 1. The number of methoxy groups -OCH3 is 1. The SMILES string of the molecule is COc1ccc(CO)cc1S(=O)(=O)NCC(C)C1CC1. The first-order chi connectivity index (χ1) is 9.47. The Morgan fingerprint density at radius 3 is 2.70 bits per heavy atom. The molecule has 1 saturated carbocycles. The van der Waals surface area contributed by atoms with Crippen LogP contribution in [0.15, 0.2) is 23.1 Å². The van der Waals surface area contributed by atoms with Gasteiger partial charge in [-0.15, -0.1) is 0 Å². The smallest absolute Gasteiger partial charge is 0.244 e. The number of aliphatic hydroxyl groups excluding tert-OH is 1. The van der Waals surface area contributed by atoms with Crippen LogP contribution in [0.5, 0.6) is 5.75 Å². The maximum absolute atomic E-state index is 12.4. The maximum atomic E-state index is 12.4. The standard InChI is InChI=1S/C14H21NO4S/c1-10(12-4-5-12)8-15-20(17,18)14-7-11(9-16)3-6-13(14)19-2/h3,6-7,10,12,15-16H,4-5,8-9H2,1-2H3. The van der Waals surface area contributed by atoms with Crippen molar-refractivity contribution in [1.82, 2.24) is 4.72 Å². The number of ether oxygens (including phenoxy) is 1. The molecule has 1 aliphatic carbocycles. The molecule has 20 heavy (non-hydrogen) atoms. The first-order valence-corrected chi connectivity index (χ1v) is 8.23. The highest BCUT2D eigenvalue weighted by atomic mass is 32.2. The molecule has 112 valence electrons. The van der Waals surface area contributed by atoms with Crippen LogP contribution >= 0.6 is 0 Å². The number of aliphatic hydroxyl groups is 1.